The second-order valence-corrected chi connectivity index (χ2v) is 6.08. The van der Waals surface area contributed by atoms with Crippen LogP contribution in [0.25, 0.3) is 0 Å². The number of anilines is 2. The van der Waals surface area contributed by atoms with Crippen LogP contribution in [0.5, 0.6) is 0 Å². The Kier molecular flexibility index (Phi) is 4.93. The highest BCUT2D eigenvalue weighted by atomic mass is 32.1. The van der Waals surface area contributed by atoms with Gasteiger partial charge in [-0.3, -0.25) is 5.32 Å². The Bertz CT molecular complexity index is 602. The fraction of sp³-hybridized carbons (Fsp3) is 0.333. The number of aryl methyl sites for hydroxylation is 2. The number of nitrogens with one attached hydrogen (secondary N) is 3. The summed E-state index contributed by atoms with van der Waals surface area (Å²) >= 11 is 1.47. The van der Waals surface area contributed by atoms with Gasteiger partial charge in [-0.25, -0.2) is 9.78 Å². The molecule has 0 spiro atoms. The number of amides is 2. The molecule has 1 unspecified atom stereocenters. The van der Waals surface area contributed by atoms with Crippen LogP contribution < -0.4 is 16.0 Å². The Morgan fingerprint density at radius 1 is 1.19 bits per heavy atom. The summed E-state index contributed by atoms with van der Waals surface area (Å²) in [5, 5.41) is 9.33. The average Bonchev–Trinajstić information content (AvgIpc) is 2.77. The monoisotopic (exact) mass is 304 g/mol. The van der Waals surface area contributed by atoms with Crippen molar-refractivity contribution in [3.8, 4) is 0 Å². The van der Waals surface area contributed by atoms with Gasteiger partial charge in [0.2, 0.25) is 0 Å². The molecule has 0 fully saturated rings. The van der Waals surface area contributed by atoms with E-state index >= 15 is 0 Å². The lowest BCUT2D eigenvalue weighted by molar-refractivity contribution is 0.262. The molecule has 21 heavy (non-hydrogen) atoms. The van der Waals surface area contributed by atoms with E-state index in [-0.39, 0.29) is 12.1 Å². The molecule has 2 rings (SSSR count). The fourth-order valence-electron chi connectivity index (χ4n) is 1.81. The van der Waals surface area contributed by atoms with Crippen LogP contribution in [-0.2, 0) is 0 Å². The summed E-state index contributed by atoms with van der Waals surface area (Å²) in [6, 6.07) is 7.78. The van der Waals surface area contributed by atoms with E-state index in [1.807, 2.05) is 45.2 Å². The van der Waals surface area contributed by atoms with E-state index < -0.39 is 0 Å². The molecule has 0 radical (unpaired) electrons. The van der Waals surface area contributed by atoms with Crippen molar-refractivity contribution in [1.29, 1.82) is 0 Å². The molecule has 2 amide bonds. The van der Waals surface area contributed by atoms with Gasteiger partial charge in [0, 0.05) is 16.6 Å². The lowest BCUT2D eigenvalue weighted by Crippen LogP contribution is -2.19. The summed E-state index contributed by atoms with van der Waals surface area (Å²) in [6.45, 7) is 6.00. The van der Waals surface area contributed by atoms with Crippen molar-refractivity contribution >= 4 is 28.2 Å². The first kappa shape index (κ1) is 15.5. The number of urea groups is 1. The highest BCUT2D eigenvalue weighted by Gasteiger charge is 2.08. The van der Waals surface area contributed by atoms with Crippen molar-refractivity contribution < 1.29 is 4.79 Å². The third-order valence-electron chi connectivity index (χ3n) is 3.35. The number of carbonyl (C=O) groups excluding carboxylic acids is 1. The third kappa shape index (κ3) is 4.03. The summed E-state index contributed by atoms with van der Waals surface area (Å²) in [4.78, 5) is 17.3. The molecule has 0 aliphatic carbocycles. The van der Waals surface area contributed by atoms with Gasteiger partial charge in [0.05, 0.1) is 5.69 Å². The van der Waals surface area contributed by atoms with Crippen molar-refractivity contribution in [2.75, 3.05) is 17.7 Å². The van der Waals surface area contributed by atoms with E-state index in [1.54, 1.807) is 0 Å². The smallest absolute Gasteiger partial charge is 0.313 e. The summed E-state index contributed by atoms with van der Waals surface area (Å²) in [7, 11) is 1.92. The third-order valence-corrected chi connectivity index (χ3v) is 4.34. The minimum absolute atomic E-state index is 0.279. The molecule has 1 aromatic heterocycles. The molecular formula is C15H20N4OS. The Hall–Kier alpha value is -1.92. The largest absolute Gasteiger partial charge is 0.325 e. The van der Waals surface area contributed by atoms with Gasteiger partial charge in [0.1, 0.15) is 0 Å². The van der Waals surface area contributed by atoms with Gasteiger partial charge in [0.15, 0.2) is 5.13 Å². The molecule has 2 aromatic rings. The Morgan fingerprint density at radius 3 is 2.38 bits per heavy atom. The molecular weight excluding hydrogens is 284 g/mol. The van der Waals surface area contributed by atoms with Gasteiger partial charge in [-0.05, 0) is 45.5 Å². The molecule has 0 aliphatic rings. The van der Waals surface area contributed by atoms with Gasteiger partial charge in [-0.15, -0.1) is 11.3 Å². The fourth-order valence-corrected chi connectivity index (χ4v) is 2.62. The quantitative estimate of drug-likeness (QED) is 0.807. The van der Waals surface area contributed by atoms with E-state index in [0.717, 1.165) is 16.3 Å². The van der Waals surface area contributed by atoms with Crippen LogP contribution in [0.15, 0.2) is 24.3 Å². The van der Waals surface area contributed by atoms with Crippen molar-refractivity contribution in [3.05, 3.63) is 40.4 Å². The number of carbonyl (C=O) groups is 1. The molecule has 1 atom stereocenters. The van der Waals surface area contributed by atoms with Gasteiger partial charge in [-0.2, -0.15) is 0 Å². The first-order valence-electron chi connectivity index (χ1n) is 6.79. The summed E-state index contributed by atoms with van der Waals surface area (Å²) in [6.07, 6.45) is 0. The lowest BCUT2D eigenvalue weighted by Gasteiger charge is -2.11. The minimum atomic E-state index is -0.279. The van der Waals surface area contributed by atoms with Gasteiger partial charge >= 0.3 is 6.03 Å². The maximum Gasteiger partial charge on any atom is 0.325 e. The molecule has 0 aliphatic heterocycles. The van der Waals surface area contributed by atoms with Crippen molar-refractivity contribution in [1.82, 2.24) is 10.3 Å². The average molecular weight is 304 g/mol. The van der Waals surface area contributed by atoms with Crippen LogP contribution in [0.3, 0.4) is 0 Å². The van der Waals surface area contributed by atoms with Crippen LogP contribution >= 0.6 is 11.3 Å². The second kappa shape index (κ2) is 6.69. The number of aromatic nitrogens is 1. The van der Waals surface area contributed by atoms with E-state index in [0.29, 0.717) is 5.13 Å². The molecule has 1 aromatic carbocycles. The zero-order chi connectivity index (χ0) is 15.4. The minimum Gasteiger partial charge on any atom is -0.313 e. The Morgan fingerprint density at radius 2 is 1.86 bits per heavy atom. The number of benzene rings is 1. The molecule has 6 heteroatoms. The number of hydrogen-bond acceptors (Lipinski definition) is 4. The number of nitrogens with zero attached hydrogens (tertiary/aromatic N) is 1. The van der Waals surface area contributed by atoms with Crippen LogP contribution in [-0.4, -0.2) is 18.1 Å². The Labute approximate surface area is 128 Å². The van der Waals surface area contributed by atoms with Crippen molar-refractivity contribution in [2.24, 2.45) is 0 Å². The van der Waals surface area contributed by atoms with Gasteiger partial charge < -0.3 is 10.6 Å². The molecule has 0 saturated heterocycles. The van der Waals surface area contributed by atoms with Crippen molar-refractivity contribution in [2.45, 2.75) is 26.8 Å². The van der Waals surface area contributed by atoms with Gasteiger partial charge in [-0.1, -0.05) is 12.1 Å². The normalized spacial score (nSPS) is 12.0. The van der Waals surface area contributed by atoms with Crippen LogP contribution in [0.1, 0.15) is 29.1 Å². The van der Waals surface area contributed by atoms with E-state index in [9.17, 15) is 4.79 Å². The summed E-state index contributed by atoms with van der Waals surface area (Å²) in [5.41, 5.74) is 2.87. The predicted molar refractivity (Wildman–Crippen MR) is 88.1 cm³/mol. The van der Waals surface area contributed by atoms with Gasteiger partial charge in [0.25, 0.3) is 0 Å². The number of rotatable bonds is 4. The van der Waals surface area contributed by atoms with E-state index in [2.05, 4.69) is 27.9 Å². The molecule has 112 valence electrons. The zero-order valence-electron chi connectivity index (χ0n) is 12.7. The second-order valence-electron chi connectivity index (χ2n) is 4.87. The summed E-state index contributed by atoms with van der Waals surface area (Å²) in [5.74, 6) is 0. The molecule has 3 N–H and O–H groups in total. The van der Waals surface area contributed by atoms with E-state index in [1.165, 1.54) is 16.9 Å². The SMILES string of the molecule is CNC(C)c1ccc(NC(=O)Nc2nc(C)c(C)s2)cc1. The number of hydrogen-bond donors (Lipinski definition) is 3. The maximum absolute atomic E-state index is 11.9. The van der Waals surface area contributed by atoms with Crippen molar-refractivity contribution in [3.63, 3.8) is 0 Å². The van der Waals surface area contributed by atoms with E-state index in [4.69, 9.17) is 0 Å². The Balaban J connectivity index is 1.96. The highest BCUT2D eigenvalue weighted by molar-refractivity contribution is 7.15. The topological polar surface area (TPSA) is 66.0 Å². The molecule has 1 heterocycles. The number of thiazole rings is 1. The molecule has 0 saturated carbocycles. The molecule has 0 bridgehead atoms. The summed E-state index contributed by atoms with van der Waals surface area (Å²) < 4.78 is 0. The molecule has 5 nitrogen and oxygen atoms in total. The maximum atomic E-state index is 11.9. The zero-order valence-corrected chi connectivity index (χ0v) is 13.5. The van der Waals surface area contributed by atoms with Crippen LogP contribution in [0.2, 0.25) is 0 Å². The highest BCUT2D eigenvalue weighted by Crippen LogP contribution is 2.21. The first-order chi connectivity index (χ1) is 9.99. The first-order valence-corrected chi connectivity index (χ1v) is 7.60. The predicted octanol–water partition coefficient (Wildman–Crippen LogP) is 3.68. The standard InChI is InChI=1S/C15H20N4OS/c1-9-11(3)21-15(17-9)19-14(20)18-13-7-5-12(6-8-13)10(2)16-4/h5-8,10,16H,1-4H3,(H2,17,18,19,20). The van der Waals surface area contributed by atoms with Crippen LogP contribution in [0, 0.1) is 13.8 Å². The lowest BCUT2D eigenvalue weighted by atomic mass is 10.1. The van der Waals surface area contributed by atoms with Crippen LogP contribution in [0.4, 0.5) is 15.6 Å².